The molecule has 2 fully saturated rings. The lowest BCUT2D eigenvalue weighted by atomic mass is 9.92. The van der Waals surface area contributed by atoms with Crippen LogP contribution in [-0.4, -0.2) is 23.1 Å². The zero-order chi connectivity index (χ0) is 11.7. The Morgan fingerprint density at radius 3 is 2.76 bits per heavy atom. The van der Waals surface area contributed by atoms with Crippen LogP contribution in [0.2, 0.25) is 0 Å². The standard InChI is InChI=1S/C14H21N3/c15-11-3-5-12(6-4-11)17-14-8-13(14)10-2-1-7-16-9-10/h1-2,7,9,11-14,17H,3-6,8,15H2. The van der Waals surface area contributed by atoms with Gasteiger partial charge in [0.15, 0.2) is 0 Å². The smallest absolute Gasteiger partial charge is 0.0303 e. The van der Waals surface area contributed by atoms with Gasteiger partial charge in [-0.15, -0.1) is 0 Å². The van der Waals surface area contributed by atoms with E-state index in [-0.39, 0.29) is 0 Å². The van der Waals surface area contributed by atoms with E-state index < -0.39 is 0 Å². The fraction of sp³-hybridized carbons (Fsp3) is 0.643. The molecule has 17 heavy (non-hydrogen) atoms. The summed E-state index contributed by atoms with van der Waals surface area (Å²) in [6.07, 6.45) is 9.98. The first-order chi connectivity index (χ1) is 8.33. The lowest BCUT2D eigenvalue weighted by Gasteiger charge is -2.27. The van der Waals surface area contributed by atoms with E-state index in [0.29, 0.717) is 24.0 Å². The summed E-state index contributed by atoms with van der Waals surface area (Å²) in [7, 11) is 0. The van der Waals surface area contributed by atoms with Crippen LogP contribution in [0, 0.1) is 0 Å². The third kappa shape index (κ3) is 2.67. The minimum Gasteiger partial charge on any atom is -0.328 e. The van der Waals surface area contributed by atoms with E-state index in [2.05, 4.69) is 16.4 Å². The van der Waals surface area contributed by atoms with Gasteiger partial charge in [-0.05, 0) is 43.7 Å². The molecule has 0 aromatic carbocycles. The minimum absolute atomic E-state index is 0.446. The lowest BCUT2D eigenvalue weighted by molar-refractivity contribution is 0.339. The average molecular weight is 231 g/mol. The van der Waals surface area contributed by atoms with Gasteiger partial charge < -0.3 is 11.1 Å². The Morgan fingerprint density at radius 1 is 1.24 bits per heavy atom. The van der Waals surface area contributed by atoms with Gasteiger partial charge in [0.25, 0.3) is 0 Å². The van der Waals surface area contributed by atoms with Gasteiger partial charge in [0.05, 0.1) is 0 Å². The summed E-state index contributed by atoms with van der Waals surface area (Å²) < 4.78 is 0. The summed E-state index contributed by atoms with van der Waals surface area (Å²) in [6.45, 7) is 0. The molecule has 1 heterocycles. The molecule has 2 saturated carbocycles. The first kappa shape index (κ1) is 11.2. The molecule has 0 aliphatic heterocycles. The lowest BCUT2D eigenvalue weighted by Crippen LogP contribution is -2.38. The number of hydrogen-bond acceptors (Lipinski definition) is 3. The fourth-order valence-corrected chi connectivity index (χ4v) is 2.93. The molecule has 2 atom stereocenters. The van der Waals surface area contributed by atoms with E-state index in [9.17, 15) is 0 Å². The third-order valence-corrected chi connectivity index (χ3v) is 4.12. The summed E-state index contributed by atoms with van der Waals surface area (Å²) in [5, 5.41) is 3.78. The highest BCUT2D eigenvalue weighted by Crippen LogP contribution is 2.41. The first-order valence-corrected chi connectivity index (χ1v) is 6.74. The number of aromatic nitrogens is 1. The second-order valence-electron chi connectivity index (χ2n) is 5.51. The van der Waals surface area contributed by atoms with Crippen molar-refractivity contribution in [2.45, 2.75) is 56.1 Å². The molecule has 3 N–H and O–H groups in total. The van der Waals surface area contributed by atoms with E-state index in [4.69, 9.17) is 5.73 Å². The normalized spacial score (nSPS) is 36.8. The molecule has 2 aliphatic carbocycles. The van der Waals surface area contributed by atoms with Crippen LogP contribution in [0.1, 0.15) is 43.6 Å². The molecule has 0 spiro atoms. The predicted octanol–water partition coefficient (Wildman–Crippen LogP) is 1.80. The van der Waals surface area contributed by atoms with E-state index >= 15 is 0 Å². The zero-order valence-electron chi connectivity index (χ0n) is 10.2. The number of rotatable bonds is 3. The summed E-state index contributed by atoms with van der Waals surface area (Å²) in [4.78, 5) is 4.19. The number of nitrogens with one attached hydrogen (secondary N) is 1. The quantitative estimate of drug-likeness (QED) is 0.834. The molecule has 0 saturated heterocycles. The van der Waals surface area contributed by atoms with Crippen molar-refractivity contribution >= 4 is 0 Å². The van der Waals surface area contributed by atoms with Crippen LogP contribution in [0.3, 0.4) is 0 Å². The molecule has 1 aromatic rings. The largest absolute Gasteiger partial charge is 0.328 e. The summed E-state index contributed by atoms with van der Waals surface area (Å²) in [5.74, 6) is 0.694. The van der Waals surface area contributed by atoms with E-state index in [1.165, 1.54) is 37.7 Å². The summed E-state index contributed by atoms with van der Waals surface area (Å²) in [5.41, 5.74) is 7.31. The first-order valence-electron chi connectivity index (χ1n) is 6.74. The molecule has 2 aliphatic rings. The van der Waals surface area contributed by atoms with Crippen LogP contribution in [-0.2, 0) is 0 Å². The van der Waals surface area contributed by atoms with Crippen molar-refractivity contribution in [1.82, 2.24) is 10.3 Å². The molecule has 2 unspecified atom stereocenters. The maximum Gasteiger partial charge on any atom is 0.0303 e. The number of nitrogens with zero attached hydrogens (tertiary/aromatic N) is 1. The van der Waals surface area contributed by atoms with Gasteiger partial charge in [0, 0.05) is 36.4 Å². The van der Waals surface area contributed by atoms with Crippen LogP contribution in [0.15, 0.2) is 24.5 Å². The average Bonchev–Trinajstić information content (AvgIpc) is 3.13. The number of nitrogens with two attached hydrogens (primary N) is 1. The van der Waals surface area contributed by atoms with E-state index in [1.807, 2.05) is 18.5 Å². The van der Waals surface area contributed by atoms with Gasteiger partial charge in [-0.2, -0.15) is 0 Å². The highest BCUT2D eigenvalue weighted by molar-refractivity contribution is 5.24. The molecule has 92 valence electrons. The van der Waals surface area contributed by atoms with Gasteiger partial charge in [0.2, 0.25) is 0 Å². The zero-order valence-corrected chi connectivity index (χ0v) is 10.2. The second-order valence-corrected chi connectivity index (χ2v) is 5.51. The summed E-state index contributed by atoms with van der Waals surface area (Å²) >= 11 is 0. The van der Waals surface area contributed by atoms with Crippen LogP contribution in [0.4, 0.5) is 0 Å². The van der Waals surface area contributed by atoms with Gasteiger partial charge in [-0.25, -0.2) is 0 Å². The molecule has 3 nitrogen and oxygen atoms in total. The van der Waals surface area contributed by atoms with Gasteiger partial charge in [-0.1, -0.05) is 6.07 Å². The number of hydrogen-bond donors (Lipinski definition) is 2. The van der Waals surface area contributed by atoms with Crippen molar-refractivity contribution in [3.05, 3.63) is 30.1 Å². The molecule has 0 amide bonds. The minimum atomic E-state index is 0.446. The Labute approximate surface area is 103 Å². The van der Waals surface area contributed by atoms with Crippen LogP contribution in [0.5, 0.6) is 0 Å². The Hall–Kier alpha value is -0.930. The van der Waals surface area contributed by atoms with E-state index in [0.717, 1.165) is 0 Å². The topological polar surface area (TPSA) is 50.9 Å². The monoisotopic (exact) mass is 231 g/mol. The van der Waals surface area contributed by atoms with Crippen molar-refractivity contribution in [3.8, 4) is 0 Å². The molecule has 3 heteroatoms. The Kier molecular flexibility index (Phi) is 3.12. The van der Waals surface area contributed by atoms with Gasteiger partial charge >= 0.3 is 0 Å². The predicted molar refractivity (Wildman–Crippen MR) is 68.8 cm³/mol. The maximum atomic E-state index is 5.93. The van der Waals surface area contributed by atoms with Crippen LogP contribution in [0.25, 0.3) is 0 Å². The highest BCUT2D eigenvalue weighted by Gasteiger charge is 2.39. The number of pyridine rings is 1. The van der Waals surface area contributed by atoms with Crippen molar-refractivity contribution in [1.29, 1.82) is 0 Å². The SMILES string of the molecule is NC1CCC(NC2CC2c2cccnc2)CC1. The van der Waals surface area contributed by atoms with Gasteiger partial charge in [-0.3, -0.25) is 4.98 Å². The molecule has 0 bridgehead atoms. The van der Waals surface area contributed by atoms with Crippen molar-refractivity contribution in [2.24, 2.45) is 5.73 Å². The molecule has 1 aromatic heterocycles. The van der Waals surface area contributed by atoms with Crippen molar-refractivity contribution in [3.63, 3.8) is 0 Å². The highest BCUT2D eigenvalue weighted by atomic mass is 15.0. The van der Waals surface area contributed by atoms with Crippen molar-refractivity contribution < 1.29 is 0 Å². The molecule has 3 rings (SSSR count). The molecule has 0 radical (unpaired) electrons. The van der Waals surface area contributed by atoms with Crippen LogP contribution < -0.4 is 11.1 Å². The Bertz CT molecular complexity index is 357. The second kappa shape index (κ2) is 4.75. The van der Waals surface area contributed by atoms with Gasteiger partial charge in [0.1, 0.15) is 0 Å². The fourth-order valence-electron chi connectivity index (χ4n) is 2.93. The maximum absolute atomic E-state index is 5.93. The Balaban J connectivity index is 1.49. The van der Waals surface area contributed by atoms with E-state index in [1.54, 1.807) is 0 Å². The van der Waals surface area contributed by atoms with Crippen molar-refractivity contribution in [2.75, 3.05) is 0 Å². The molecular weight excluding hydrogens is 210 g/mol. The molecular formula is C14H21N3. The third-order valence-electron chi connectivity index (χ3n) is 4.12. The summed E-state index contributed by atoms with van der Waals surface area (Å²) in [6, 6.07) is 6.04. The Morgan fingerprint density at radius 2 is 2.06 bits per heavy atom. The van der Waals surface area contributed by atoms with Crippen LogP contribution >= 0.6 is 0 Å².